The van der Waals surface area contributed by atoms with Crippen molar-refractivity contribution >= 4 is 35.1 Å². The maximum absolute atomic E-state index is 13.1. The van der Waals surface area contributed by atoms with E-state index in [2.05, 4.69) is 0 Å². The van der Waals surface area contributed by atoms with E-state index < -0.39 is 17.4 Å². The molecule has 8 heteroatoms. The van der Waals surface area contributed by atoms with Crippen molar-refractivity contribution < 1.29 is 18.4 Å². The number of carbonyl (C=O) groups is 2. The number of allylic oxidation sites excluding steroid dienone is 1. The van der Waals surface area contributed by atoms with Gasteiger partial charge in [0, 0.05) is 11.1 Å². The number of carbonyl (C=O) groups excluding carboxylic acids is 2. The van der Waals surface area contributed by atoms with Gasteiger partial charge in [-0.1, -0.05) is 0 Å². The first-order chi connectivity index (χ1) is 13.5. The number of halogens is 2. The summed E-state index contributed by atoms with van der Waals surface area (Å²) in [5.41, 5.74) is 0.198. The molecule has 2 aromatic rings. The molecule has 2 aromatic carbocycles. The van der Waals surface area contributed by atoms with Gasteiger partial charge in [-0.3, -0.25) is 9.59 Å². The lowest BCUT2D eigenvalue weighted by molar-refractivity contribution is 0.101. The Morgan fingerprint density at radius 1 is 0.857 bits per heavy atom. The Bertz CT molecular complexity index is 989. The largest absolute Gasteiger partial charge is 0.293 e. The predicted molar refractivity (Wildman–Crippen MR) is 105 cm³/mol. The van der Waals surface area contributed by atoms with Gasteiger partial charge in [0.25, 0.3) is 0 Å². The highest BCUT2D eigenvalue weighted by atomic mass is 32.2. The topological polar surface area (TPSA) is 81.7 Å². The third-order valence-corrected chi connectivity index (χ3v) is 5.74. The summed E-state index contributed by atoms with van der Waals surface area (Å²) < 4.78 is 26.3. The number of benzene rings is 2. The lowest BCUT2D eigenvalue weighted by atomic mass is 10.1. The summed E-state index contributed by atoms with van der Waals surface area (Å²) >= 11 is 1.93. The quantitative estimate of drug-likeness (QED) is 0.352. The van der Waals surface area contributed by atoms with Crippen LogP contribution in [0.4, 0.5) is 8.78 Å². The molecule has 0 fully saturated rings. The van der Waals surface area contributed by atoms with Crippen LogP contribution in [0.3, 0.4) is 0 Å². The average molecular weight is 414 g/mol. The van der Waals surface area contributed by atoms with E-state index in [0.717, 1.165) is 47.8 Å². The van der Waals surface area contributed by atoms with Crippen LogP contribution in [0.15, 0.2) is 58.3 Å². The monoisotopic (exact) mass is 414 g/mol. The standard InChI is InChI=1S/C20H12F2N2O2S2/c21-15-5-1-13(2-6-15)18(25)12-28-20(27-10-9-23)17(11-24)19(26)14-3-7-16(22)8-4-14/h1-8H,10,12H2. The summed E-state index contributed by atoms with van der Waals surface area (Å²) in [5, 5.41) is 18.3. The minimum Gasteiger partial charge on any atom is -0.293 e. The van der Waals surface area contributed by atoms with Crippen LogP contribution in [-0.4, -0.2) is 23.1 Å². The Kier molecular flexibility index (Phi) is 7.94. The van der Waals surface area contributed by atoms with Gasteiger partial charge in [-0.25, -0.2) is 8.78 Å². The van der Waals surface area contributed by atoms with E-state index in [1.54, 1.807) is 0 Å². The highest BCUT2D eigenvalue weighted by Crippen LogP contribution is 2.33. The first kappa shape index (κ1) is 21.4. The molecule has 0 aliphatic rings. The van der Waals surface area contributed by atoms with Crippen molar-refractivity contribution in [3.63, 3.8) is 0 Å². The van der Waals surface area contributed by atoms with Crippen LogP contribution in [0.1, 0.15) is 20.7 Å². The van der Waals surface area contributed by atoms with Crippen molar-refractivity contribution in [1.82, 2.24) is 0 Å². The highest BCUT2D eigenvalue weighted by Gasteiger charge is 2.20. The van der Waals surface area contributed by atoms with Crippen LogP contribution in [0.25, 0.3) is 0 Å². The summed E-state index contributed by atoms with van der Waals surface area (Å²) in [6.07, 6.45) is 0. The van der Waals surface area contributed by atoms with E-state index >= 15 is 0 Å². The molecule has 0 heterocycles. The number of nitriles is 2. The number of nitrogens with zero attached hydrogens (tertiary/aromatic N) is 2. The van der Waals surface area contributed by atoms with Gasteiger partial charge >= 0.3 is 0 Å². The molecule has 0 atom stereocenters. The van der Waals surface area contributed by atoms with E-state index in [9.17, 15) is 23.6 Å². The van der Waals surface area contributed by atoms with Gasteiger partial charge in [-0.15, -0.1) is 23.5 Å². The fourth-order valence-electron chi connectivity index (χ4n) is 2.07. The number of hydrogen-bond donors (Lipinski definition) is 0. The van der Waals surface area contributed by atoms with Gasteiger partial charge < -0.3 is 0 Å². The van der Waals surface area contributed by atoms with E-state index in [1.165, 1.54) is 24.3 Å². The summed E-state index contributed by atoms with van der Waals surface area (Å²) in [4.78, 5) is 24.9. The van der Waals surface area contributed by atoms with Crippen LogP contribution in [0, 0.1) is 34.3 Å². The minimum atomic E-state index is -0.621. The predicted octanol–water partition coefficient (Wildman–Crippen LogP) is 4.76. The highest BCUT2D eigenvalue weighted by molar-refractivity contribution is 8.22. The van der Waals surface area contributed by atoms with Gasteiger partial charge in [0.2, 0.25) is 5.78 Å². The Hall–Kier alpha value is -2.94. The molecule has 0 N–H and O–H groups in total. The van der Waals surface area contributed by atoms with Crippen LogP contribution < -0.4 is 0 Å². The molecule has 4 nitrogen and oxygen atoms in total. The molecule has 0 radical (unpaired) electrons. The summed E-state index contributed by atoms with van der Waals surface area (Å²) in [7, 11) is 0. The van der Waals surface area contributed by atoms with Crippen molar-refractivity contribution in [1.29, 1.82) is 10.5 Å². The molecule has 0 spiro atoms. The molecule has 0 amide bonds. The number of ketones is 2. The van der Waals surface area contributed by atoms with Crippen molar-refractivity contribution in [3.8, 4) is 12.1 Å². The molecular formula is C20H12F2N2O2S2. The van der Waals surface area contributed by atoms with Crippen LogP contribution >= 0.6 is 23.5 Å². The minimum absolute atomic E-state index is 0.0189. The zero-order valence-corrected chi connectivity index (χ0v) is 15.9. The second-order valence-corrected chi connectivity index (χ2v) is 7.51. The van der Waals surface area contributed by atoms with Crippen molar-refractivity contribution in [2.24, 2.45) is 0 Å². The molecular weight excluding hydrogens is 402 g/mol. The van der Waals surface area contributed by atoms with Crippen LogP contribution in [0.5, 0.6) is 0 Å². The number of thioether (sulfide) groups is 2. The van der Waals surface area contributed by atoms with Crippen molar-refractivity contribution in [3.05, 3.63) is 81.1 Å². The summed E-state index contributed by atoms with van der Waals surface area (Å²) in [5.74, 6) is -2.03. The van der Waals surface area contributed by atoms with Gasteiger partial charge in [0.1, 0.15) is 23.3 Å². The fraction of sp³-hybridized carbons (Fsp3) is 0.100. The van der Waals surface area contributed by atoms with E-state index in [-0.39, 0.29) is 32.7 Å². The van der Waals surface area contributed by atoms with Crippen molar-refractivity contribution in [2.75, 3.05) is 11.5 Å². The van der Waals surface area contributed by atoms with Crippen LogP contribution in [0.2, 0.25) is 0 Å². The smallest absolute Gasteiger partial charge is 0.205 e. The molecule has 0 saturated heterocycles. The summed E-state index contributed by atoms with van der Waals surface area (Å²) in [6.45, 7) is 0. The third kappa shape index (κ3) is 5.78. The molecule has 28 heavy (non-hydrogen) atoms. The molecule has 140 valence electrons. The first-order valence-electron chi connectivity index (χ1n) is 7.82. The molecule has 0 bridgehead atoms. The zero-order valence-electron chi connectivity index (χ0n) is 14.3. The molecule has 2 rings (SSSR count). The molecule has 0 saturated carbocycles. The lowest BCUT2D eigenvalue weighted by Gasteiger charge is -2.08. The first-order valence-corrected chi connectivity index (χ1v) is 9.79. The second-order valence-electron chi connectivity index (χ2n) is 5.28. The van der Waals surface area contributed by atoms with Gasteiger partial charge in [0.15, 0.2) is 5.78 Å². The Labute approximate surface area is 168 Å². The summed E-state index contributed by atoms with van der Waals surface area (Å²) in [6, 6.07) is 13.5. The molecule has 0 unspecified atom stereocenters. The zero-order chi connectivity index (χ0) is 20.5. The van der Waals surface area contributed by atoms with E-state index in [4.69, 9.17) is 5.26 Å². The number of Topliss-reactive ketones (excluding diaryl/α,β-unsaturated/α-hetero) is 2. The number of rotatable bonds is 8. The van der Waals surface area contributed by atoms with E-state index in [1.807, 2.05) is 12.1 Å². The lowest BCUT2D eigenvalue weighted by Crippen LogP contribution is -2.06. The Morgan fingerprint density at radius 2 is 1.39 bits per heavy atom. The Morgan fingerprint density at radius 3 is 1.89 bits per heavy atom. The fourth-order valence-corrected chi connectivity index (χ4v) is 3.95. The molecule has 0 aliphatic carbocycles. The van der Waals surface area contributed by atoms with Gasteiger partial charge in [-0.2, -0.15) is 10.5 Å². The van der Waals surface area contributed by atoms with E-state index in [0.29, 0.717) is 5.56 Å². The second kappa shape index (κ2) is 10.4. The van der Waals surface area contributed by atoms with Gasteiger partial charge in [0.05, 0.1) is 21.8 Å². The third-order valence-electron chi connectivity index (χ3n) is 3.42. The SMILES string of the molecule is N#CCSC(SCC(=O)c1ccc(F)cc1)=C(C#N)C(=O)c1ccc(F)cc1. The maximum Gasteiger partial charge on any atom is 0.205 e. The normalized spacial score (nSPS) is 11.1. The average Bonchev–Trinajstić information content (AvgIpc) is 2.70. The maximum atomic E-state index is 13.1. The molecule has 0 aliphatic heterocycles. The van der Waals surface area contributed by atoms with Gasteiger partial charge in [-0.05, 0) is 48.5 Å². The van der Waals surface area contributed by atoms with Crippen molar-refractivity contribution in [2.45, 2.75) is 0 Å². The number of hydrogen-bond acceptors (Lipinski definition) is 6. The Balaban J connectivity index is 2.25. The van der Waals surface area contributed by atoms with Crippen LogP contribution in [-0.2, 0) is 0 Å². The molecule has 0 aromatic heterocycles.